The Morgan fingerprint density at radius 1 is 1.20 bits per heavy atom. The van der Waals surface area contributed by atoms with Gasteiger partial charge < -0.3 is 10.4 Å². The molecule has 2 nitrogen and oxygen atoms in total. The van der Waals surface area contributed by atoms with Crippen LogP contribution >= 0.6 is 0 Å². The number of benzene rings is 1. The standard InChI is InChI=1S/C13H17NO/c15-13(9-4-2-1-3-5-9)12-10-6-7-11(8-10)14-12/h1-5,10-15H,6-8H2/t10-,11+,12-,13+/m1/s1. The summed E-state index contributed by atoms with van der Waals surface area (Å²) in [6.07, 6.45) is 3.50. The first kappa shape index (κ1) is 9.37. The Hall–Kier alpha value is -0.860. The predicted octanol–water partition coefficient (Wildman–Crippen LogP) is 1.86. The summed E-state index contributed by atoms with van der Waals surface area (Å²) in [5, 5.41) is 13.8. The van der Waals surface area contributed by atoms with E-state index < -0.39 is 0 Å². The summed E-state index contributed by atoms with van der Waals surface area (Å²) < 4.78 is 0. The maximum absolute atomic E-state index is 10.3. The zero-order valence-corrected chi connectivity index (χ0v) is 8.76. The summed E-state index contributed by atoms with van der Waals surface area (Å²) in [6.45, 7) is 0. The maximum atomic E-state index is 10.3. The van der Waals surface area contributed by atoms with Crippen LogP contribution in [0, 0.1) is 5.92 Å². The maximum Gasteiger partial charge on any atom is 0.0945 e. The van der Waals surface area contributed by atoms with Gasteiger partial charge in [0.05, 0.1) is 6.10 Å². The lowest BCUT2D eigenvalue weighted by molar-refractivity contribution is 0.106. The minimum absolute atomic E-state index is 0.283. The zero-order chi connectivity index (χ0) is 10.3. The highest BCUT2D eigenvalue weighted by Crippen LogP contribution is 2.39. The normalized spacial score (nSPS) is 35.7. The lowest BCUT2D eigenvalue weighted by Gasteiger charge is -2.28. The number of fused-ring (bicyclic) bond motifs is 2. The van der Waals surface area contributed by atoms with Crippen LogP contribution in [-0.4, -0.2) is 17.2 Å². The molecule has 80 valence electrons. The van der Waals surface area contributed by atoms with E-state index in [1.165, 1.54) is 19.3 Å². The van der Waals surface area contributed by atoms with E-state index in [2.05, 4.69) is 5.32 Å². The fraction of sp³-hybridized carbons (Fsp3) is 0.538. The Kier molecular flexibility index (Phi) is 2.26. The van der Waals surface area contributed by atoms with Gasteiger partial charge >= 0.3 is 0 Å². The topological polar surface area (TPSA) is 32.3 Å². The first-order valence-corrected chi connectivity index (χ1v) is 5.83. The average Bonchev–Trinajstić information content (AvgIpc) is 2.91. The van der Waals surface area contributed by atoms with E-state index in [4.69, 9.17) is 0 Å². The van der Waals surface area contributed by atoms with Crippen molar-refractivity contribution in [2.45, 2.75) is 37.5 Å². The summed E-state index contributed by atoms with van der Waals surface area (Å²) in [6, 6.07) is 10.9. The summed E-state index contributed by atoms with van der Waals surface area (Å²) >= 11 is 0. The van der Waals surface area contributed by atoms with Gasteiger partial charge in [-0.05, 0) is 30.7 Å². The molecule has 2 aliphatic rings. The van der Waals surface area contributed by atoms with Crippen LogP contribution < -0.4 is 5.32 Å². The zero-order valence-electron chi connectivity index (χ0n) is 8.76. The molecule has 1 aromatic rings. The van der Waals surface area contributed by atoms with Crippen molar-refractivity contribution in [3.05, 3.63) is 35.9 Å². The first-order valence-electron chi connectivity index (χ1n) is 5.83. The van der Waals surface area contributed by atoms with Crippen LogP contribution in [0.2, 0.25) is 0 Å². The number of hydrogen-bond acceptors (Lipinski definition) is 2. The summed E-state index contributed by atoms with van der Waals surface area (Å²) in [5.74, 6) is 0.685. The van der Waals surface area contributed by atoms with Gasteiger partial charge in [0.15, 0.2) is 0 Å². The molecule has 2 heteroatoms. The van der Waals surface area contributed by atoms with Gasteiger partial charge in [0.2, 0.25) is 0 Å². The molecule has 1 aromatic carbocycles. The van der Waals surface area contributed by atoms with Gasteiger partial charge in [-0.3, -0.25) is 0 Å². The molecule has 1 aliphatic heterocycles. The summed E-state index contributed by atoms with van der Waals surface area (Å²) in [5.41, 5.74) is 1.04. The molecule has 0 amide bonds. The van der Waals surface area contributed by atoms with E-state index in [0.29, 0.717) is 12.0 Å². The minimum Gasteiger partial charge on any atom is -0.387 e. The number of aliphatic hydroxyl groups is 1. The lowest BCUT2D eigenvalue weighted by atomic mass is 9.91. The molecule has 1 saturated carbocycles. The fourth-order valence-corrected chi connectivity index (χ4v) is 3.11. The van der Waals surface area contributed by atoms with Crippen molar-refractivity contribution in [1.29, 1.82) is 0 Å². The number of aliphatic hydroxyl groups excluding tert-OH is 1. The highest BCUT2D eigenvalue weighted by Gasteiger charge is 2.42. The highest BCUT2D eigenvalue weighted by atomic mass is 16.3. The van der Waals surface area contributed by atoms with E-state index in [1.54, 1.807) is 0 Å². The van der Waals surface area contributed by atoms with E-state index in [-0.39, 0.29) is 12.1 Å². The molecule has 15 heavy (non-hydrogen) atoms. The van der Waals surface area contributed by atoms with Gasteiger partial charge in [-0.2, -0.15) is 0 Å². The second kappa shape index (κ2) is 3.62. The van der Waals surface area contributed by atoms with E-state index in [1.807, 2.05) is 30.3 Å². The van der Waals surface area contributed by atoms with Crippen molar-refractivity contribution in [1.82, 2.24) is 5.32 Å². The molecule has 4 atom stereocenters. The van der Waals surface area contributed by atoms with Crippen molar-refractivity contribution in [2.75, 3.05) is 0 Å². The molecule has 3 rings (SSSR count). The molecule has 2 bridgehead atoms. The molecule has 1 aliphatic carbocycles. The SMILES string of the molecule is O[C@@H](c1ccccc1)[C@@H]1N[C@H]2CC[C@@H]1C2. The van der Waals surface area contributed by atoms with E-state index in [9.17, 15) is 5.11 Å². The van der Waals surface area contributed by atoms with Gasteiger partial charge in [0.1, 0.15) is 0 Å². The third-order valence-corrected chi connectivity index (χ3v) is 3.89. The molecule has 1 heterocycles. The Morgan fingerprint density at radius 3 is 2.60 bits per heavy atom. The van der Waals surface area contributed by atoms with Crippen LogP contribution in [0.15, 0.2) is 30.3 Å². The fourth-order valence-electron chi connectivity index (χ4n) is 3.11. The molecule has 2 fully saturated rings. The van der Waals surface area contributed by atoms with Crippen LogP contribution in [0.3, 0.4) is 0 Å². The Balaban J connectivity index is 1.78. The summed E-state index contributed by atoms with van der Waals surface area (Å²) in [4.78, 5) is 0. The number of hydrogen-bond donors (Lipinski definition) is 2. The van der Waals surface area contributed by atoms with Crippen LogP contribution in [0.25, 0.3) is 0 Å². The predicted molar refractivity (Wildman–Crippen MR) is 59.5 cm³/mol. The largest absolute Gasteiger partial charge is 0.387 e. The van der Waals surface area contributed by atoms with Crippen molar-refractivity contribution >= 4 is 0 Å². The molecule has 0 unspecified atom stereocenters. The third-order valence-electron chi connectivity index (χ3n) is 3.89. The van der Waals surface area contributed by atoms with Gasteiger partial charge in [-0.25, -0.2) is 0 Å². The number of piperidine rings is 1. The van der Waals surface area contributed by atoms with Crippen molar-refractivity contribution < 1.29 is 5.11 Å². The van der Waals surface area contributed by atoms with Crippen LogP contribution in [-0.2, 0) is 0 Å². The third kappa shape index (κ3) is 1.58. The van der Waals surface area contributed by atoms with Gasteiger partial charge in [-0.1, -0.05) is 30.3 Å². The van der Waals surface area contributed by atoms with Gasteiger partial charge in [0.25, 0.3) is 0 Å². The molecule has 0 aromatic heterocycles. The second-order valence-corrected chi connectivity index (χ2v) is 4.82. The second-order valence-electron chi connectivity index (χ2n) is 4.82. The molecule has 0 spiro atoms. The highest BCUT2D eigenvalue weighted by molar-refractivity contribution is 5.20. The van der Waals surface area contributed by atoms with Crippen molar-refractivity contribution in [3.8, 4) is 0 Å². The Morgan fingerprint density at radius 2 is 2.00 bits per heavy atom. The quantitative estimate of drug-likeness (QED) is 0.769. The first-order chi connectivity index (χ1) is 7.34. The number of nitrogens with one attached hydrogen (secondary N) is 1. The summed E-state index contributed by atoms with van der Waals surface area (Å²) in [7, 11) is 0. The smallest absolute Gasteiger partial charge is 0.0945 e. The van der Waals surface area contributed by atoms with Crippen molar-refractivity contribution in [2.24, 2.45) is 5.92 Å². The van der Waals surface area contributed by atoms with Gasteiger partial charge in [0, 0.05) is 12.1 Å². The van der Waals surface area contributed by atoms with Crippen LogP contribution in [0.5, 0.6) is 0 Å². The number of rotatable bonds is 2. The minimum atomic E-state index is -0.332. The van der Waals surface area contributed by atoms with Crippen molar-refractivity contribution in [3.63, 3.8) is 0 Å². The van der Waals surface area contributed by atoms with Gasteiger partial charge in [-0.15, -0.1) is 0 Å². The average molecular weight is 203 g/mol. The van der Waals surface area contributed by atoms with E-state index in [0.717, 1.165) is 5.56 Å². The molecule has 0 radical (unpaired) electrons. The molecule has 1 saturated heterocycles. The molecular weight excluding hydrogens is 186 g/mol. The monoisotopic (exact) mass is 203 g/mol. The van der Waals surface area contributed by atoms with Crippen LogP contribution in [0.4, 0.5) is 0 Å². The van der Waals surface area contributed by atoms with Crippen LogP contribution in [0.1, 0.15) is 30.9 Å². The Bertz CT molecular complexity index is 338. The molecule has 2 N–H and O–H groups in total. The van der Waals surface area contributed by atoms with E-state index >= 15 is 0 Å². The molecular formula is C13H17NO. The Labute approximate surface area is 90.3 Å². The lowest BCUT2D eigenvalue weighted by Crippen LogP contribution is -2.40.